The third kappa shape index (κ3) is 4.51. The zero-order valence-electron chi connectivity index (χ0n) is 12.2. The van der Waals surface area contributed by atoms with E-state index in [0.717, 1.165) is 17.8 Å². The number of nitrogens with one attached hydrogen (secondary N) is 1. The van der Waals surface area contributed by atoms with Crippen LogP contribution >= 0.6 is 0 Å². The van der Waals surface area contributed by atoms with Crippen molar-refractivity contribution in [2.75, 3.05) is 20.3 Å². The molecule has 0 fully saturated rings. The molecule has 0 aliphatic rings. The molecule has 0 unspecified atom stereocenters. The second-order valence-corrected chi connectivity index (χ2v) is 4.62. The fourth-order valence-electron chi connectivity index (χ4n) is 1.84. The molecular weight excluding hydrogens is 271 g/mol. The summed E-state index contributed by atoms with van der Waals surface area (Å²) >= 11 is 0. The molecule has 0 radical (unpaired) electrons. The quantitative estimate of drug-likeness (QED) is 0.796. The molecule has 1 aromatic heterocycles. The van der Waals surface area contributed by atoms with E-state index < -0.39 is 0 Å². The monoisotopic (exact) mass is 290 g/mol. The number of halogens is 1. The van der Waals surface area contributed by atoms with Gasteiger partial charge in [0, 0.05) is 26.4 Å². The maximum absolute atomic E-state index is 14.0. The highest BCUT2D eigenvalue weighted by molar-refractivity contribution is 5.35. The zero-order chi connectivity index (χ0) is 15.1. The second kappa shape index (κ2) is 7.71. The van der Waals surface area contributed by atoms with Crippen LogP contribution in [0.4, 0.5) is 4.39 Å². The Kier molecular flexibility index (Phi) is 5.66. The third-order valence-electron chi connectivity index (χ3n) is 2.99. The number of hydrogen-bond acceptors (Lipinski definition) is 4. The molecule has 1 aromatic carbocycles. The van der Waals surface area contributed by atoms with Gasteiger partial charge in [-0.15, -0.1) is 0 Å². The number of rotatable bonds is 7. The molecule has 0 amide bonds. The van der Waals surface area contributed by atoms with Crippen LogP contribution in [0.2, 0.25) is 0 Å². The summed E-state index contributed by atoms with van der Waals surface area (Å²) in [6, 6.07) is 8.47. The molecule has 1 N–H and O–H groups in total. The molecule has 0 spiro atoms. The summed E-state index contributed by atoms with van der Waals surface area (Å²) in [5, 5.41) is 3.17. The number of ether oxygens (including phenoxy) is 2. The molecular formula is C16H19FN2O2. The van der Waals surface area contributed by atoms with E-state index in [9.17, 15) is 4.39 Å². The number of methoxy groups -OCH3 is 1. The van der Waals surface area contributed by atoms with Crippen LogP contribution in [0.15, 0.2) is 36.5 Å². The molecule has 21 heavy (non-hydrogen) atoms. The Bertz CT molecular complexity index is 590. The molecule has 5 heteroatoms. The number of benzene rings is 1. The summed E-state index contributed by atoms with van der Waals surface area (Å²) in [5.74, 6) is 0.374. The first-order valence-electron chi connectivity index (χ1n) is 6.78. The lowest BCUT2D eigenvalue weighted by atomic mass is 10.2. The maximum Gasteiger partial charge on any atom is 0.166 e. The average Bonchev–Trinajstić information content (AvgIpc) is 2.48. The minimum atomic E-state index is -0.385. The Labute approximate surface area is 123 Å². The van der Waals surface area contributed by atoms with E-state index >= 15 is 0 Å². The van der Waals surface area contributed by atoms with E-state index in [0.29, 0.717) is 18.9 Å². The lowest BCUT2D eigenvalue weighted by Crippen LogP contribution is -2.18. The van der Waals surface area contributed by atoms with E-state index in [2.05, 4.69) is 10.3 Å². The normalized spacial score (nSPS) is 10.6. The lowest BCUT2D eigenvalue weighted by Gasteiger charge is -2.10. The van der Waals surface area contributed by atoms with E-state index in [4.69, 9.17) is 9.47 Å². The highest BCUT2D eigenvalue weighted by Gasteiger charge is 2.08. The Morgan fingerprint density at radius 2 is 2.10 bits per heavy atom. The van der Waals surface area contributed by atoms with Crippen LogP contribution in [0.3, 0.4) is 0 Å². The van der Waals surface area contributed by atoms with Crippen molar-refractivity contribution in [3.05, 3.63) is 53.6 Å². The Hall–Kier alpha value is -1.98. The van der Waals surface area contributed by atoms with Crippen molar-refractivity contribution in [1.29, 1.82) is 0 Å². The van der Waals surface area contributed by atoms with Crippen molar-refractivity contribution >= 4 is 0 Å². The summed E-state index contributed by atoms with van der Waals surface area (Å²) in [5.41, 5.74) is 1.58. The summed E-state index contributed by atoms with van der Waals surface area (Å²) in [4.78, 5) is 4.11. The lowest BCUT2D eigenvalue weighted by molar-refractivity contribution is 0.199. The highest BCUT2D eigenvalue weighted by Crippen LogP contribution is 2.26. The highest BCUT2D eigenvalue weighted by atomic mass is 19.1. The van der Waals surface area contributed by atoms with Gasteiger partial charge in [-0.3, -0.25) is 4.98 Å². The topological polar surface area (TPSA) is 43.4 Å². The summed E-state index contributed by atoms with van der Waals surface area (Å²) in [7, 11) is 1.65. The fourth-order valence-corrected chi connectivity index (χ4v) is 1.84. The molecule has 112 valence electrons. The molecule has 2 aromatic rings. The van der Waals surface area contributed by atoms with Crippen LogP contribution in [0.5, 0.6) is 11.5 Å². The van der Waals surface area contributed by atoms with Crippen LogP contribution < -0.4 is 10.1 Å². The molecule has 0 atom stereocenters. The van der Waals surface area contributed by atoms with Gasteiger partial charge in [-0.25, -0.2) is 4.39 Å². The molecule has 0 saturated carbocycles. The Balaban J connectivity index is 2.01. The largest absolute Gasteiger partial charge is 0.452 e. The first-order valence-corrected chi connectivity index (χ1v) is 6.78. The van der Waals surface area contributed by atoms with E-state index in [1.165, 1.54) is 6.07 Å². The van der Waals surface area contributed by atoms with Gasteiger partial charge in [0.25, 0.3) is 0 Å². The van der Waals surface area contributed by atoms with Crippen LogP contribution in [0, 0.1) is 12.7 Å². The number of nitrogens with zero attached hydrogens (tertiary/aromatic N) is 1. The van der Waals surface area contributed by atoms with Gasteiger partial charge in [0.05, 0.1) is 12.3 Å². The first-order chi connectivity index (χ1) is 10.2. The molecule has 0 aliphatic carbocycles. The van der Waals surface area contributed by atoms with Gasteiger partial charge >= 0.3 is 0 Å². The van der Waals surface area contributed by atoms with Crippen molar-refractivity contribution in [1.82, 2.24) is 10.3 Å². The molecule has 2 rings (SSSR count). The van der Waals surface area contributed by atoms with Gasteiger partial charge in [0.1, 0.15) is 5.75 Å². The van der Waals surface area contributed by atoms with Crippen LogP contribution in [-0.4, -0.2) is 25.2 Å². The summed E-state index contributed by atoms with van der Waals surface area (Å²) in [6.45, 7) is 3.77. The number of pyridine rings is 1. The molecule has 4 nitrogen and oxygen atoms in total. The molecule has 1 heterocycles. The molecule has 0 saturated heterocycles. The number of hydrogen-bond donors (Lipinski definition) is 1. The van der Waals surface area contributed by atoms with E-state index in [1.807, 2.05) is 13.0 Å². The number of aromatic nitrogens is 1. The first kappa shape index (κ1) is 15.4. The van der Waals surface area contributed by atoms with Gasteiger partial charge in [0.15, 0.2) is 11.6 Å². The predicted octanol–water partition coefficient (Wildman–Crippen LogP) is 3.06. The standard InChI is InChI=1S/C16H19FN2O2/c1-12-15(4-3-7-19-12)21-16-6-5-13(10-14(16)17)11-18-8-9-20-2/h3-7,10,18H,8-9,11H2,1-2H3. The smallest absolute Gasteiger partial charge is 0.166 e. The van der Waals surface area contributed by atoms with Crippen LogP contribution in [0.25, 0.3) is 0 Å². The van der Waals surface area contributed by atoms with E-state index in [-0.39, 0.29) is 11.6 Å². The van der Waals surface area contributed by atoms with E-state index in [1.54, 1.807) is 31.5 Å². The van der Waals surface area contributed by atoms with Crippen molar-refractivity contribution in [2.24, 2.45) is 0 Å². The minimum absolute atomic E-state index is 0.201. The van der Waals surface area contributed by atoms with Crippen LogP contribution in [-0.2, 0) is 11.3 Å². The summed E-state index contributed by atoms with van der Waals surface area (Å²) < 4.78 is 24.5. The van der Waals surface area contributed by atoms with Crippen molar-refractivity contribution in [3.8, 4) is 11.5 Å². The predicted molar refractivity (Wildman–Crippen MR) is 79.0 cm³/mol. The van der Waals surface area contributed by atoms with Crippen molar-refractivity contribution in [2.45, 2.75) is 13.5 Å². The van der Waals surface area contributed by atoms with Gasteiger partial charge in [0.2, 0.25) is 0 Å². The average molecular weight is 290 g/mol. The fraction of sp³-hybridized carbons (Fsp3) is 0.312. The van der Waals surface area contributed by atoms with Gasteiger partial charge in [-0.2, -0.15) is 0 Å². The summed E-state index contributed by atoms with van der Waals surface area (Å²) in [6.07, 6.45) is 1.67. The van der Waals surface area contributed by atoms with Crippen LogP contribution in [0.1, 0.15) is 11.3 Å². The van der Waals surface area contributed by atoms with Crippen molar-refractivity contribution < 1.29 is 13.9 Å². The third-order valence-corrected chi connectivity index (χ3v) is 2.99. The van der Waals surface area contributed by atoms with Gasteiger partial charge < -0.3 is 14.8 Å². The SMILES string of the molecule is COCCNCc1ccc(Oc2cccnc2C)c(F)c1. The zero-order valence-corrected chi connectivity index (χ0v) is 12.2. The molecule has 0 bridgehead atoms. The second-order valence-electron chi connectivity index (χ2n) is 4.62. The van der Waals surface area contributed by atoms with Gasteiger partial charge in [-0.1, -0.05) is 6.07 Å². The number of aryl methyl sites for hydroxylation is 1. The maximum atomic E-state index is 14.0. The minimum Gasteiger partial charge on any atom is -0.452 e. The Morgan fingerprint density at radius 1 is 1.24 bits per heavy atom. The molecule has 0 aliphatic heterocycles. The Morgan fingerprint density at radius 3 is 2.81 bits per heavy atom. The van der Waals surface area contributed by atoms with Gasteiger partial charge in [-0.05, 0) is 36.8 Å². The van der Waals surface area contributed by atoms with Crippen molar-refractivity contribution in [3.63, 3.8) is 0 Å².